The van der Waals surface area contributed by atoms with Gasteiger partial charge in [-0.25, -0.2) is 4.98 Å². The smallest absolute Gasteiger partial charge is 0.130 e. The molecule has 2 aromatic rings. The van der Waals surface area contributed by atoms with Crippen molar-refractivity contribution in [3.8, 4) is 16.3 Å². The van der Waals surface area contributed by atoms with E-state index in [0.717, 1.165) is 41.5 Å². The maximum absolute atomic E-state index is 6.01. The number of halogens is 1. The molecule has 0 amide bonds. The van der Waals surface area contributed by atoms with Crippen LogP contribution in [-0.2, 0) is 13.0 Å². The highest BCUT2D eigenvalue weighted by molar-refractivity contribution is 7.15. The molecule has 0 aliphatic heterocycles. The number of nitrogens with zero attached hydrogens (tertiary/aromatic N) is 1. The molecule has 0 aliphatic rings. The van der Waals surface area contributed by atoms with Gasteiger partial charge in [-0.3, -0.25) is 0 Å². The molecule has 0 saturated carbocycles. The number of hydrogen-bond acceptors (Lipinski definition) is 4. The van der Waals surface area contributed by atoms with Gasteiger partial charge in [-0.1, -0.05) is 25.4 Å². The van der Waals surface area contributed by atoms with Gasteiger partial charge >= 0.3 is 0 Å². The topological polar surface area (TPSA) is 34.1 Å². The second-order valence-corrected chi connectivity index (χ2v) is 5.89. The summed E-state index contributed by atoms with van der Waals surface area (Å²) in [5.41, 5.74) is 2.15. The lowest BCUT2D eigenvalue weighted by Crippen LogP contribution is -2.11. The summed E-state index contributed by atoms with van der Waals surface area (Å²) in [4.78, 5) is 6.04. The maximum Gasteiger partial charge on any atom is 0.130 e. The first-order chi connectivity index (χ1) is 9.69. The van der Waals surface area contributed by atoms with E-state index < -0.39 is 0 Å². The first-order valence-corrected chi connectivity index (χ1v) is 7.92. The van der Waals surface area contributed by atoms with Gasteiger partial charge < -0.3 is 10.1 Å². The molecule has 0 radical (unpaired) electrons. The first kappa shape index (κ1) is 15.3. The van der Waals surface area contributed by atoms with Crippen LogP contribution in [0.15, 0.2) is 18.2 Å². The summed E-state index contributed by atoms with van der Waals surface area (Å²) >= 11 is 7.72. The van der Waals surface area contributed by atoms with Crippen LogP contribution >= 0.6 is 22.9 Å². The molecule has 0 bridgehead atoms. The van der Waals surface area contributed by atoms with Crippen LogP contribution in [-0.4, -0.2) is 18.6 Å². The SMILES string of the molecule is CCNCc1sc(-c2ccc(Cl)cc2OC)nc1CC. The Morgan fingerprint density at radius 1 is 1.35 bits per heavy atom. The Morgan fingerprint density at radius 2 is 2.15 bits per heavy atom. The number of aromatic nitrogens is 1. The molecule has 0 fully saturated rings. The fourth-order valence-electron chi connectivity index (χ4n) is 1.99. The van der Waals surface area contributed by atoms with E-state index in [2.05, 4.69) is 19.2 Å². The second kappa shape index (κ2) is 7.07. The third-order valence-corrected chi connectivity index (χ3v) is 4.41. The molecule has 5 heteroatoms. The molecule has 2 rings (SSSR count). The number of benzene rings is 1. The summed E-state index contributed by atoms with van der Waals surface area (Å²) in [6.45, 7) is 6.07. The van der Waals surface area contributed by atoms with Gasteiger partial charge in [0.2, 0.25) is 0 Å². The van der Waals surface area contributed by atoms with Crippen LogP contribution in [0, 0.1) is 0 Å². The molecule has 0 atom stereocenters. The van der Waals surface area contributed by atoms with Crippen molar-refractivity contribution in [2.24, 2.45) is 0 Å². The minimum absolute atomic E-state index is 0.672. The van der Waals surface area contributed by atoms with Crippen LogP contribution in [0.2, 0.25) is 5.02 Å². The lowest BCUT2D eigenvalue weighted by atomic mass is 10.2. The van der Waals surface area contributed by atoms with Crippen LogP contribution < -0.4 is 10.1 Å². The Balaban J connectivity index is 2.40. The Morgan fingerprint density at radius 3 is 2.80 bits per heavy atom. The molecule has 3 nitrogen and oxygen atoms in total. The molecule has 108 valence electrons. The number of thiazole rings is 1. The van der Waals surface area contributed by atoms with Gasteiger partial charge in [0.05, 0.1) is 18.4 Å². The van der Waals surface area contributed by atoms with E-state index in [1.54, 1.807) is 18.4 Å². The minimum Gasteiger partial charge on any atom is -0.496 e. The molecule has 20 heavy (non-hydrogen) atoms. The number of ether oxygens (including phenoxy) is 1. The maximum atomic E-state index is 6.01. The van der Waals surface area contributed by atoms with Crippen molar-refractivity contribution in [3.63, 3.8) is 0 Å². The summed E-state index contributed by atoms with van der Waals surface area (Å²) < 4.78 is 5.41. The van der Waals surface area contributed by atoms with Crippen LogP contribution in [0.4, 0.5) is 0 Å². The van der Waals surface area contributed by atoms with Crippen molar-refractivity contribution in [1.82, 2.24) is 10.3 Å². The van der Waals surface area contributed by atoms with Gasteiger partial charge in [-0.05, 0) is 31.2 Å². The van der Waals surface area contributed by atoms with Crippen molar-refractivity contribution in [2.75, 3.05) is 13.7 Å². The van der Waals surface area contributed by atoms with E-state index in [9.17, 15) is 0 Å². The van der Waals surface area contributed by atoms with Crippen LogP contribution in [0.3, 0.4) is 0 Å². The number of aryl methyl sites for hydroxylation is 1. The average Bonchev–Trinajstić information content (AvgIpc) is 2.87. The standard InChI is InChI=1S/C15H19ClN2OS/c1-4-12-14(9-17-5-2)20-15(18-12)11-7-6-10(16)8-13(11)19-3/h6-8,17H,4-5,9H2,1-3H3. The fraction of sp³-hybridized carbons (Fsp3) is 0.400. The Bertz CT molecular complexity index is 583. The van der Waals surface area contributed by atoms with Crippen LogP contribution in [0.1, 0.15) is 24.4 Å². The van der Waals surface area contributed by atoms with Crippen molar-refractivity contribution >= 4 is 22.9 Å². The molecule has 0 saturated heterocycles. The lowest BCUT2D eigenvalue weighted by molar-refractivity contribution is 0.416. The first-order valence-electron chi connectivity index (χ1n) is 6.72. The van der Waals surface area contributed by atoms with E-state index in [0.29, 0.717) is 5.02 Å². The van der Waals surface area contributed by atoms with Gasteiger partial charge in [-0.2, -0.15) is 0 Å². The van der Waals surface area contributed by atoms with Gasteiger partial charge in [0, 0.05) is 16.4 Å². The third kappa shape index (κ3) is 3.32. The van der Waals surface area contributed by atoms with Crippen LogP contribution in [0.5, 0.6) is 5.75 Å². The molecule has 1 heterocycles. The molecule has 0 spiro atoms. The molecular weight excluding hydrogens is 292 g/mol. The number of rotatable bonds is 6. The molecule has 0 unspecified atom stereocenters. The molecule has 1 aromatic heterocycles. The molecule has 1 aromatic carbocycles. The van der Waals surface area contributed by atoms with E-state index in [4.69, 9.17) is 21.3 Å². The summed E-state index contributed by atoms with van der Waals surface area (Å²) in [7, 11) is 1.66. The van der Waals surface area contributed by atoms with Crippen LogP contribution in [0.25, 0.3) is 10.6 Å². The normalized spacial score (nSPS) is 10.8. The number of methoxy groups -OCH3 is 1. The van der Waals surface area contributed by atoms with E-state index in [1.807, 2.05) is 18.2 Å². The quantitative estimate of drug-likeness (QED) is 0.870. The highest BCUT2D eigenvalue weighted by Crippen LogP contribution is 2.36. The largest absolute Gasteiger partial charge is 0.496 e. The number of hydrogen-bond donors (Lipinski definition) is 1. The van der Waals surface area contributed by atoms with Gasteiger partial charge in [-0.15, -0.1) is 11.3 Å². The van der Waals surface area contributed by atoms with Crippen molar-refractivity contribution < 1.29 is 4.74 Å². The summed E-state index contributed by atoms with van der Waals surface area (Å²) in [5.74, 6) is 0.768. The minimum atomic E-state index is 0.672. The Hall–Kier alpha value is -1.10. The third-order valence-electron chi connectivity index (χ3n) is 3.04. The Labute approximate surface area is 129 Å². The van der Waals surface area contributed by atoms with E-state index in [-0.39, 0.29) is 0 Å². The Kier molecular flexibility index (Phi) is 5.40. The predicted molar refractivity (Wildman–Crippen MR) is 85.9 cm³/mol. The van der Waals surface area contributed by atoms with Crippen molar-refractivity contribution in [1.29, 1.82) is 0 Å². The highest BCUT2D eigenvalue weighted by atomic mass is 35.5. The van der Waals surface area contributed by atoms with E-state index >= 15 is 0 Å². The summed E-state index contributed by atoms with van der Waals surface area (Å²) in [6.07, 6.45) is 0.938. The van der Waals surface area contributed by atoms with Gasteiger partial charge in [0.25, 0.3) is 0 Å². The van der Waals surface area contributed by atoms with E-state index in [1.165, 1.54) is 4.88 Å². The summed E-state index contributed by atoms with van der Waals surface area (Å²) in [6, 6.07) is 5.67. The zero-order valence-corrected chi connectivity index (χ0v) is 13.6. The zero-order chi connectivity index (χ0) is 14.5. The highest BCUT2D eigenvalue weighted by Gasteiger charge is 2.14. The summed E-state index contributed by atoms with van der Waals surface area (Å²) in [5, 5.41) is 5.02. The zero-order valence-electron chi connectivity index (χ0n) is 12.0. The molecular formula is C15H19ClN2OS. The molecule has 0 aliphatic carbocycles. The molecule has 1 N–H and O–H groups in total. The average molecular weight is 311 g/mol. The lowest BCUT2D eigenvalue weighted by Gasteiger charge is -2.05. The fourth-order valence-corrected chi connectivity index (χ4v) is 3.31. The second-order valence-electron chi connectivity index (χ2n) is 4.37. The van der Waals surface area contributed by atoms with Gasteiger partial charge in [0.15, 0.2) is 0 Å². The monoisotopic (exact) mass is 310 g/mol. The van der Waals surface area contributed by atoms with Crippen molar-refractivity contribution in [2.45, 2.75) is 26.8 Å². The number of nitrogens with one attached hydrogen (secondary N) is 1. The van der Waals surface area contributed by atoms with Crippen molar-refractivity contribution in [3.05, 3.63) is 33.8 Å². The van der Waals surface area contributed by atoms with Gasteiger partial charge in [0.1, 0.15) is 10.8 Å². The predicted octanol–water partition coefficient (Wildman–Crippen LogP) is 4.14.